The first-order chi connectivity index (χ1) is 11.3. The van der Waals surface area contributed by atoms with Crippen LogP contribution in [0, 0.1) is 0 Å². The second-order valence-electron chi connectivity index (χ2n) is 5.13. The summed E-state index contributed by atoms with van der Waals surface area (Å²) in [5.74, 6) is -3.07. The molecule has 3 N–H and O–H groups in total. The fraction of sp³-hybridized carbons (Fsp3) is 0.333. The Morgan fingerprint density at radius 3 is 2.62 bits per heavy atom. The van der Waals surface area contributed by atoms with Gasteiger partial charge in [0.15, 0.2) is 0 Å². The fourth-order valence-corrected chi connectivity index (χ4v) is 2.47. The molecule has 1 atom stereocenters. The van der Waals surface area contributed by atoms with Crippen LogP contribution in [0.5, 0.6) is 0 Å². The van der Waals surface area contributed by atoms with Crippen molar-refractivity contribution in [3.63, 3.8) is 0 Å². The molecule has 0 aromatic carbocycles. The average Bonchev–Trinajstić information content (AvgIpc) is 2.88. The van der Waals surface area contributed by atoms with Crippen LogP contribution in [0.3, 0.4) is 0 Å². The van der Waals surface area contributed by atoms with Gasteiger partial charge in [-0.25, -0.2) is 9.78 Å². The number of nitrogens with one attached hydrogen (secondary N) is 1. The highest BCUT2D eigenvalue weighted by Gasteiger charge is 2.25. The number of hydrogen-bond donors (Lipinski definition) is 3. The molecule has 2 aromatic rings. The van der Waals surface area contributed by atoms with Gasteiger partial charge in [0.05, 0.1) is 10.7 Å². The van der Waals surface area contributed by atoms with E-state index in [4.69, 9.17) is 21.8 Å². The van der Waals surface area contributed by atoms with E-state index in [-0.39, 0.29) is 18.5 Å². The monoisotopic (exact) mass is 353 g/mol. The Morgan fingerprint density at radius 2 is 2.04 bits per heavy atom. The van der Waals surface area contributed by atoms with Gasteiger partial charge in [0.25, 0.3) is 5.91 Å². The summed E-state index contributed by atoms with van der Waals surface area (Å²) in [6.45, 7) is 1.82. The van der Waals surface area contributed by atoms with E-state index >= 15 is 0 Å². The molecule has 0 saturated carbocycles. The number of nitrogens with zero attached hydrogens (tertiary/aromatic N) is 2. The number of aryl methyl sites for hydroxylation is 1. The van der Waals surface area contributed by atoms with Crippen molar-refractivity contribution in [1.29, 1.82) is 0 Å². The van der Waals surface area contributed by atoms with Crippen molar-refractivity contribution in [3.05, 3.63) is 34.7 Å². The van der Waals surface area contributed by atoms with Gasteiger partial charge < -0.3 is 15.5 Å². The summed E-state index contributed by atoms with van der Waals surface area (Å²) in [4.78, 5) is 38.7. The summed E-state index contributed by atoms with van der Waals surface area (Å²) < 4.78 is 1.49. The van der Waals surface area contributed by atoms with Crippen molar-refractivity contribution < 1.29 is 24.6 Å². The molecule has 0 aliphatic rings. The molecule has 0 aliphatic carbocycles. The highest BCUT2D eigenvalue weighted by molar-refractivity contribution is 6.30. The lowest BCUT2D eigenvalue weighted by Gasteiger charge is -2.14. The first-order valence-electron chi connectivity index (χ1n) is 7.25. The molecule has 1 unspecified atom stereocenters. The van der Waals surface area contributed by atoms with Gasteiger partial charge >= 0.3 is 11.9 Å². The zero-order chi connectivity index (χ0) is 17.9. The summed E-state index contributed by atoms with van der Waals surface area (Å²) >= 11 is 5.95. The number of carbonyl (C=O) groups excluding carboxylic acids is 1. The van der Waals surface area contributed by atoms with Crippen LogP contribution in [0.25, 0.3) is 5.65 Å². The predicted octanol–water partition coefficient (Wildman–Crippen LogP) is 1.60. The number of hydrogen-bond acceptors (Lipinski definition) is 4. The maximum atomic E-state index is 12.5. The van der Waals surface area contributed by atoms with Crippen molar-refractivity contribution in [1.82, 2.24) is 14.7 Å². The molecule has 1 amide bonds. The molecule has 9 heteroatoms. The molecule has 0 saturated heterocycles. The van der Waals surface area contributed by atoms with Gasteiger partial charge in [-0.3, -0.25) is 14.0 Å². The molecule has 24 heavy (non-hydrogen) atoms. The molecular formula is C15H16ClN3O5. The second kappa shape index (κ2) is 7.31. The Kier molecular flexibility index (Phi) is 5.40. The van der Waals surface area contributed by atoms with E-state index in [1.54, 1.807) is 12.1 Å². The fourth-order valence-electron chi connectivity index (χ4n) is 2.31. The lowest BCUT2D eigenvalue weighted by atomic mass is 10.1. The Balaban J connectivity index is 2.34. The minimum atomic E-state index is -1.30. The molecule has 0 radical (unpaired) electrons. The van der Waals surface area contributed by atoms with Crippen molar-refractivity contribution >= 4 is 35.1 Å². The highest BCUT2D eigenvalue weighted by Crippen LogP contribution is 2.17. The number of aromatic nitrogens is 2. The van der Waals surface area contributed by atoms with Crippen molar-refractivity contribution in [2.45, 2.75) is 32.2 Å². The zero-order valence-corrected chi connectivity index (χ0v) is 13.6. The standard InChI is InChI=1S/C15H16ClN3O5/c1-2-9-13(19-7-8(16)3-5-11(19)17-9)14(22)18-10(15(23)24)4-6-12(20)21/h3,5,7,10H,2,4,6H2,1H3,(H,18,22)(H,20,21)(H,23,24). The molecular weight excluding hydrogens is 338 g/mol. The van der Waals surface area contributed by atoms with Gasteiger partial charge in [-0.2, -0.15) is 0 Å². The predicted molar refractivity (Wildman–Crippen MR) is 85.3 cm³/mol. The van der Waals surface area contributed by atoms with Crippen LogP contribution in [0.2, 0.25) is 5.02 Å². The third kappa shape index (κ3) is 3.83. The smallest absolute Gasteiger partial charge is 0.326 e. The van der Waals surface area contributed by atoms with Crippen LogP contribution in [0.15, 0.2) is 18.3 Å². The topological polar surface area (TPSA) is 121 Å². The molecule has 128 valence electrons. The Bertz CT molecular complexity index is 802. The quantitative estimate of drug-likeness (QED) is 0.695. The number of carbonyl (C=O) groups is 3. The van der Waals surface area contributed by atoms with E-state index in [0.29, 0.717) is 22.8 Å². The summed E-state index contributed by atoms with van der Waals surface area (Å²) in [6.07, 6.45) is 1.41. The normalized spacial score (nSPS) is 12.1. The average molecular weight is 354 g/mol. The van der Waals surface area contributed by atoms with Crippen LogP contribution in [0.4, 0.5) is 0 Å². The lowest BCUT2D eigenvalue weighted by Crippen LogP contribution is -2.41. The molecule has 2 rings (SSSR count). The highest BCUT2D eigenvalue weighted by atomic mass is 35.5. The minimum absolute atomic E-state index is 0.191. The van der Waals surface area contributed by atoms with Gasteiger partial charge in [0.1, 0.15) is 17.4 Å². The van der Waals surface area contributed by atoms with Crippen LogP contribution < -0.4 is 5.32 Å². The number of carboxylic acid groups (broad SMARTS) is 2. The number of fused-ring (bicyclic) bond motifs is 1. The van der Waals surface area contributed by atoms with Crippen LogP contribution >= 0.6 is 11.6 Å². The molecule has 0 fully saturated rings. The molecule has 0 aliphatic heterocycles. The SMILES string of the molecule is CCc1nc2ccc(Cl)cn2c1C(=O)NC(CCC(=O)O)C(=O)O. The molecule has 0 spiro atoms. The summed E-state index contributed by atoms with van der Waals surface area (Å²) in [6, 6.07) is 1.98. The van der Waals surface area contributed by atoms with Crippen molar-refractivity contribution in [2.24, 2.45) is 0 Å². The first-order valence-corrected chi connectivity index (χ1v) is 7.63. The Hall–Kier alpha value is -2.61. The minimum Gasteiger partial charge on any atom is -0.481 e. The maximum Gasteiger partial charge on any atom is 0.326 e. The maximum absolute atomic E-state index is 12.5. The van der Waals surface area contributed by atoms with E-state index < -0.39 is 23.9 Å². The van der Waals surface area contributed by atoms with Crippen LogP contribution in [0.1, 0.15) is 35.9 Å². The number of halogens is 1. The van der Waals surface area contributed by atoms with Gasteiger partial charge in [-0.1, -0.05) is 18.5 Å². The summed E-state index contributed by atoms with van der Waals surface area (Å²) in [5.41, 5.74) is 1.20. The largest absolute Gasteiger partial charge is 0.481 e. The number of aliphatic carboxylic acids is 2. The van der Waals surface area contributed by atoms with Gasteiger partial charge in [-0.15, -0.1) is 0 Å². The molecule has 2 aromatic heterocycles. The van der Waals surface area contributed by atoms with Gasteiger partial charge in [0.2, 0.25) is 0 Å². The Morgan fingerprint density at radius 1 is 1.33 bits per heavy atom. The van der Waals surface area contributed by atoms with Crippen LogP contribution in [-0.2, 0) is 16.0 Å². The summed E-state index contributed by atoms with van der Waals surface area (Å²) in [5, 5.41) is 20.6. The number of imidazole rings is 1. The number of amides is 1. The van der Waals surface area contributed by atoms with E-state index in [1.165, 1.54) is 10.6 Å². The third-order valence-electron chi connectivity index (χ3n) is 3.45. The summed E-state index contributed by atoms with van der Waals surface area (Å²) in [7, 11) is 0. The van der Waals surface area contributed by atoms with E-state index in [2.05, 4.69) is 10.3 Å². The van der Waals surface area contributed by atoms with E-state index in [0.717, 1.165) is 0 Å². The molecule has 8 nitrogen and oxygen atoms in total. The van der Waals surface area contributed by atoms with Gasteiger partial charge in [-0.05, 0) is 25.0 Å². The zero-order valence-electron chi connectivity index (χ0n) is 12.8. The van der Waals surface area contributed by atoms with E-state index in [9.17, 15) is 14.4 Å². The molecule has 0 bridgehead atoms. The first kappa shape index (κ1) is 17.7. The number of pyridine rings is 1. The molecule has 2 heterocycles. The number of rotatable bonds is 7. The van der Waals surface area contributed by atoms with Crippen molar-refractivity contribution in [3.8, 4) is 0 Å². The second-order valence-corrected chi connectivity index (χ2v) is 5.57. The van der Waals surface area contributed by atoms with Crippen molar-refractivity contribution in [2.75, 3.05) is 0 Å². The Labute approximate surface area is 142 Å². The third-order valence-corrected chi connectivity index (χ3v) is 3.68. The van der Waals surface area contributed by atoms with Gasteiger partial charge in [0, 0.05) is 12.6 Å². The van der Waals surface area contributed by atoms with Crippen LogP contribution in [-0.4, -0.2) is 43.5 Å². The van der Waals surface area contributed by atoms with E-state index in [1.807, 2.05) is 6.92 Å². The number of carboxylic acids is 2. The lowest BCUT2D eigenvalue weighted by molar-refractivity contribution is -0.140.